The zero-order chi connectivity index (χ0) is 12.5. The van der Waals surface area contributed by atoms with Gasteiger partial charge in [-0.3, -0.25) is 9.89 Å². The first-order valence-electron chi connectivity index (χ1n) is 5.48. The van der Waals surface area contributed by atoms with Crippen LogP contribution in [0, 0.1) is 0 Å². The molecule has 3 rings (SSSR count). The van der Waals surface area contributed by atoms with Crippen LogP contribution in [0.25, 0.3) is 16.9 Å². The number of amides is 1. The average molecular weight is 241 g/mol. The minimum absolute atomic E-state index is 0.193. The maximum absolute atomic E-state index is 11.5. The summed E-state index contributed by atoms with van der Waals surface area (Å²) in [6.07, 6.45) is 5.31. The van der Waals surface area contributed by atoms with Crippen LogP contribution in [0.5, 0.6) is 0 Å². The van der Waals surface area contributed by atoms with Crippen LogP contribution in [-0.4, -0.2) is 32.5 Å². The monoisotopic (exact) mass is 241 g/mol. The van der Waals surface area contributed by atoms with E-state index in [1.165, 1.54) is 0 Å². The predicted octanol–water partition coefficient (Wildman–Crippen LogP) is 1.08. The fourth-order valence-electron chi connectivity index (χ4n) is 1.81. The van der Waals surface area contributed by atoms with E-state index in [4.69, 9.17) is 0 Å². The number of hydrogen-bond acceptors (Lipinski definition) is 3. The van der Waals surface area contributed by atoms with E-state index in [1.54, 1.807) is 19.4 Å². The van der Waals surface area contributed by atoms with Crippen molar-refractivity contribution in [3.63, 3.8) is 0 Å². The molecule has 90 valence electrons. The van der Waals surface area contributed by atoms with Gasteiger partial charge >= 0.3 is 0 Å². The number of carbonyl (C=O) groups excluding carboxylic acids is 1. The molecule has 6 heteroatoms. The van der Waals surface area contributed by atoms with Crippen LogP contribution in [0.3, 0.4) is 0 Å². The minimum Gasteiger partial charge on any atom is -0.354 e. The number of pyridine rings is 1. The first kappa shape index (κ1) is 10.5. The molecule has 0 bridgehead atoms. The van der Waals surface area contributed by atoms with Crippen molar-refractivity contribution in [3.8, 4) is 11.3 Å². The molecule has 0 unspecified atom stereocenters. The molecular weight excluding hydrogens is 230 g/mol. The summed E-state index contributed by atoms with van der Waals surface area (Å²) >= 11 is 0. The van der Waals surface area contributed by atoms with Crippen molar-refractivity contribution < 1.29 is 4.79 Å². The zero-order valence-electron chi connectivity index (χ0n) is 9.71. The Hall–Kier alpha value is -2.63. The Morgan fingerprint density at radius 2 is 2.22 bits per heavy atom. The second-order valence-electron chi connectivity index (χ2n) is 3.86. The first-order chi connectivity index (χ1) is 8.78. The average Bonchev–Trinajstić information content (AvgIpc) is 3.05. The Bertz CT molecular complexity index is 698. The molecular formula is C12H11N5O. The van der Waals surface area contributed by atoms with Gasteiger partial charge in [0.25, 0.3) is 5.91 Å². The highest BCUT2D eigenvalue weighted by atomic mass is 16.1. The molecule has 2 N–H and O–H groups in total. The van der Waals surface area contributed by atoms with E-state index in [-0.39, 0.29) is 5.91 Å². The van der Waals surface area contributed by atoms with Gasteiger partial charge in [-0.25, -0.2) is 4.98 Å². The second-order valence-corrected chi connectivity index (χ2v) is 3.86. The lowest BCUT2D eigenvalue weighted by Crippen LogP contribution is -2.17. The number of aromatic nitrogens is 4. The van der Waals surface area contributed by atoms with Crippen molar-refractivity contribution in [2.24, 2.45) is 0 Å². The van der Waals surface area contributed by atoms with Gasteiger partial charge in [-0.15, -0.1) is 0 Å². The molecule has 0 saturated heterocycles. The van der Waals surface area contributed by atoms with Gasteiger partial charge in [0.2, 0.25) is 0 Å². The van der Waals surface area contributed by atoms with Crippen LogP contribution in [0.4, 0.5) is 0 Å². The maximum Gasteiger partial charge on any atom is 0.271 e. The highest BCUT2D eigenvalue weighted by molar-refractivity contribution is 5.92. The van der Waals surface area contributed by atoms with E-state index in [9.17, 15) is 4.79 Å². The lowest BCUT2D eigenvalue weighted by Gasteiger charge is -1.98. The number of nitrogens with one attached hydrogen (secondary N) is 2. The van der Waals surface area contributed by atoms with Gasteiger partial charge in [-0.05, 0) is 18.2 Å². The fraction of sp³-hybridized carbons (Fsp3) is 0.0833. The molecule has 0 aromatic carbocycles. The molecule has 3 aromatic heterocycles. The van der Waals surface area contributed by atoms with Crippen molar-refractivity contribution in [2.45, 2.75) is 0 Å². The largest absolute Gasteiger partial charge is 0.354 e. The summed E-state index contributed by atoms with van der Waals surface area (Å²) in [5.74, 6) is -0.193. The Kier molecular flexibility index (Phi) is 2.33. The van der Waals surface area contributed by atoms with Crippen molar-refractivity contribution in [2.75, 3.05) is 7.05 Å². The number of H-pyrrole nitrogens is 1. The molecule has 0 fully saturated rings. The second kappa shape index (κ2) is 3.99. The molecule has 0 atom stereocenters. The Balaban J connectivity index is 2.10. The van der Waals surface area contributed by atoms with Crippen LogP contribution in [-0.2, 0) is 0 Å². The molecule has 3 heterocycles. The van der Waals surface area contributed by atoms with E-state index in [2.05, 4.69) is 20.5 Å². The van der Waals surface area contributed by atoms with Gasteiger partial charge in [0.1, 0.15) is 11.3 Å². The smallest absolute Gasteiger partial charge is 0.271 e. The Labute approximate surface area is 103 Å². The number of fused-ring (bicyclic) bond motifs is 1. The topological polar surface area (TPSA) is 75.1 Å². The third kappa shape index (κ3) is 1.64. The summed E-state index contributed by atoms with van der Waals surface area (Å²) in [5, 5.41) is 9.36. The molecule has 6 nitrogen and oxygen atoms in total. The van der Waals surface area contributed by atoms with Gasteiger partial charge in [-0.1, -0.05) is 0 Å². The molecule has 0 aliphatic heterocycles. The van der Waals surface area contributed by atoms with Crippen LogP contribution in [0.1, 0.15) is 10.5 Å². The van der Waals surface area contributed by atoms with Crippen LogP contribution in [0.15, 0.2) is 36.8 Å². The minimum atomic E-state index is -0.193. The molecule has 0 saturated carbocycles. The van der Waals surface area contributed by atoms with Gasteiger partial charge in [0, 0.05) is 31.2 Å². The third-order valence-electron chi connectivity index (χ3n) is 2.72. The summed E-state index contributed by atoms with van der Waals surface area (Å²) < 4.78 is 1.82. The van der Waals surface area contributed by atoms with E-state index >= 15 is 0 Å². The summed E-state index contributed by atoms with van der Waals surface area (Å²) in [6, 6.07) is 5.68. The third-order valence-corrected chi connectivity index (χ3v) is 2.72. The zero-order valence-corrected chi connectivity index (χ0v) is 9.71. The molecule has 0 spiro atoms. The van der Waals surface area contributed by atoms with Crippen LogP contribution < -0.4 is 5.32 Å². The molecule has 0 aliphatic carbocycles. The number of rotatable bonds is 2. The van der Waals surface area contributed by atoms with Gasteiger partial charge in [0.05, 0.1) is 5.69 Å². The summed E-state index contributed by atoms with van der Waals surface area (Å²) in [6.45, 7) is 0. The normalized spacial score (nSPS) is 10.7. The number of hydrogen-bond donors (Lipinski definition) is 2. The fourth-order valence-corrected chi connectivity index (χ4v) is 1.81. The van der Waals surface area contributed by atoms with E-state index in [0.717, 1.165) is 16.9 Å². The maximum atomic E-state index is 11.5. The summed E-state index contributed by atoms with van der Waals surface area (Å²) in [7, 11) is 1.59. The molecule has 1 amide bonds. The van der Waals surface area contributed by atoms with E-state index in [0.29, 0.717) is 5.69 Å². The van der Waals surface area contributed by atoms with Crippen LogP contribution in [0.2, 0.25) is 0 Å². The van der Waals surface area contributed by atoms with Crippen molar-refractivity contribution >= 4 is 11.6 Å². The number of carbonyl (C=O) groups is 1. The van der Waals surface area contributed by atoms with Crippen molar-refractivity contribution in [3.05, 3.63) is 42.5 Å². The molecule has 0 aliphatic rings. The molecule has 0 radical (unpaired) electrons. The van der Waals surface area contributed by atoms with Crippen LogP contribution >= 0.6 is 0 Å². The van der Waals surface area contributed by atoms with Gasteiger partial charge < -0.3 is 9.72 Å². The van der Waals surface area contributed by atoms with Gasteiger partial charge in [-0.2, -0.15) is 5.10 Å². The lowest BCUT2D eigenvalue weighted by atomic mass is 10.2. The van der Waals surface area contributed by atoms with Crippen molar-refractivity contribution in [1.29, 1.82) is 0 Å². The van der Waals surface area contributed by atoms with E-state index in [1.807, 2.05) is 28.8 Å². The predicted molar refractivity (Wildman–Crippen MR) is 66.2 cm³/mol. The standard InChI is InChI=1S/C12H11N5O/c1-13-12(18)10-7-17-6-8(2-3-11(17)15-10)9-4-5-14-16-9/h2-7H,1H3,(H,13,18)(H,14,16). The highest BCUT2D eigenvalue weighted by Gasteiger charge is 2.09. The van der Waals surface area contributed by atoms with Crippen molar-refractivity contribution in [1.82, 2.24) is 24.9 Å². The number of nitrogens with zero attached hydrogens (tertiary/aromatic N) is 3. The highest BCUT2D eigenvalue weighted by Crippen LogP contribution is 2.17. The Morgan fingerprint density at radius 1 is 1.33 bits per heavy atom. The number of imidazole rings is 1. The van der Waals surface area contributed by atoms with E-state index < -0.39 is 0 Å². The summed E-state index contributed by atoms with van der Waals surface area (Å²) in [5.41, 5.74) is 3.05. The number of aromatic amines is 1. The quantitative estimate of drug-likeness (QED) is 0.705. The lowest BCUT2D eigenvalue weighted by molar-refractivity contribution is 0.0959. The SMILES string of the molecule is CNC(=O)c1cn2cc(-c3ccn[nH]3)ccc2n1. The van der Waals surface area contributed by atoms with Gasteiger partial charge in [0.15, 0.2) is 0 Å². The summed E-state index contributed by atoms with van der Waals surface area (Å²) in [4.78, 5) is 15.7. The Morgan fingerprint density at radius 3 is 2.94 bits per heavy atom. The molecule has 18 heavy (non-hydrogen) atoms. The molecule has 3 aromatic rings. The first-order valence-corrected chi connectivity index (χ1v) is 5.48.